The number of alkyl halides is 3. The molecular weight excluding hydrogens is 635 g/mol. The van der Waals surface area contributed by atoms with E-state index in [1.54, 1.807) is 29.2 Å². The Labute approximate surface area is 273 Å². The fourth-order valence-electron chi connectivity index (χ4n) is 6.77. The topological polar surface area (TPSA) is 114 Å². The lowest BCUT2D eigenvalue weighted by molar-refractivity contribution is -0.137. The molecule has 6 rings (SSSR count). The van der Waals surface area contributed by atoms with Crippen LogP contribution in [0.25, 0.3) is 0 Å². The molecule has 0 radical (unpaired) electrons. The van der Waals surface area contributed by atoms with Gasteiger partial charge in [-0.3, -0.25) is 24.3 Å². The number of nitrogens with zero attached hydrogens (tertiary/aromatic N) is 7. The summed E-state index contributed by atoms with van der Waals surface area (Å²) in [5.41, 5.74) is 2.10. The van der Waals surface area contributed by atoms with Crippen molar-refractivity contribution in [1.82, 2.24) is 14.9 Å². The molecule has 2 aromatic heterocycles. The summed E-state index contributed by atoms with van der Waals surface area (Å²) in [5, 5.41) is 9.75. The van der Waals surface area contributed by atoms with Crippen molar-refractivity contribution >= 4 is 46.5 Å². The zero-order valence-electron chi connectivity index (χ0n) is 25.5. The van der Waals surface area contributed by atoms with Crippen LogP contribution in [0.1, 0.15) is 47.1 Å². The second kappa shape index (κ2) is 12.0. The summed E-state index contributed by atoms with van der Waals surface area (Å²) in [6.45, 7) is 5.52. The van der Waals surface area contributed by atoms with Crippen LogP contribution >= 0.6 is 11.6 Å². The second-order valence-corrected chi connectivity index (χ2v) is 12.2. The van der Waals surface area contributed by atoms with Crippen LogP contribution in [0.2, 0.25) is 5.02 Å². The number of aromatic nitrogens is 2. The summed E-state index contributed by atoms with van der Waals surface area (Å²) in [5.74, 6) is -2.17. The van der Waals surface area contributed by atoms with E-state index in [0.717, 1.165) is 22.6 Å². The van der Waals surface area contributed by atoms with Crippen LogP contribution in [0.5, 0.6) is 0 Å². The fraction of sp³-hybridized carbons (Fsp3) is 0.333. The zero-order valence-corrected chi connectivity index (χ0v) is 26.2. The van der Waals surface area contributed by atoms with E-state index in [1.165, 1.54) is 24.9 Å². The summed E-state index contributed by atoms with van der Waals surface area (Å²) in [7, 11) is 1.54. The highest BCUT2D eigenvalue weighted by molar-refractivity contribution is 6.34. The lowest BCUT2D eigenvalue weighted by Crippen LogP contribution is -2.52. The molecule has 5 heterocycles. The third-order valence-electron chi connectivity index (χ3n) is 8.84. The minimum absolute atomic E-state index is 0.0597. The molecule has 47 heavy (non-hydrogen) atoms. The highest BCUT2D eigenvalue weighted by atomic mass is 35.5. The molecule has 1 saturated heterocycles. The van der Waals surface area contributed by atoms with Gasteiger partial charge < -0.3 is 14.7 Å². The Kier molecular flexibility index (Phi) is 8.17. The molecule has 0 unspecified atom stereocenters. The van der Waals surface area contributed by atoms with Crippen LogP contribution in [0.4, 0.5) is 30.4 Å². The van der Waals surface area contributed by atoms with Crippen molar-refractivity contribution in [3.63, 3.8) is 0 Å². The first-order valence-corrected chi connectivity index (χ1v) is 15.2. The number of hydrogen-bond acceptors (Lipinski definition) is 7. The number of aryl methyl sites for hydroxylation is 1. The van der Waals surface area contributed by atoms with Crippen molar-refractivity contribution in [2.75, 3.05) is 28.3 Å². The van der Waals surface area contributed by atoms with Crippen molar-refractivity contribution in [3.05, 3.63) is 88.4 Å². The quantitative estimate of drug-likeness (QED) is 0.339. The number of rotatable bonds is 5. The fourth-order valence-corrected chi connectivity index (χ4v) is 7.06. The summed E-state index contributed by atoms with van der Waals surface area (Å²) in [6.07, 6.45) is -3.49. The number of halogens is 4. The van der Waals surface area contributed by atoms with Crippen LogP contribution in [0.3, 0.4) is 0 Å². The predicted octanol–water partition coefficient (Wildman–Crippen LogP) is 5.34. The van der Waals surface area contributed by atoms with E-state index in [2.05, 4.69) is 17.6 Å². The van der Waals surface area contributed by atoms with Crippen LogP contribution in [0, 0.1) is 24.2 Å². The maximum atomic E-state index is 14.1. The summed E-state index contributed by atoms with van der Waals surface area (Å²) < 4.78 is 41.2. The van der Waals surface area contributed by atoms with Gasteiger partial charge in [-0.05, 0) is 48.9 Å². The zero-order chi connectivity index (χ0) is 33.8. The van der Waals surface area contributed by atoms with Crippen molar-refractivity contribution in [3.8, 4) is 6.07 Å². The van der Waals surface area contributed by atoms with Gasteiger partial charge in [0.05, 0.1) is 65.0 Å². The third kappa shape index (κ3) is 5.67. The lowest BCUT2D eigenvalue weighted by Gasteiger charge is -2.39. The van der Waals surface area contributed by atoms with Gasteiger partial charge in [-0.25, -0.2) is 4.98 Å². The molecule has 0 bridgehead atoms. The molecule has 242 valence electrons. The molecule has 14 heteroatoms. The van der Waals surface area contributed by atoms with Crippen LogP contribution in [0.15, 0.2) is 55.1 Å². The number of pyridine rings is 2. The maximum absolute atomic E-state index is 14.1. The number of hydrogen-bond donors (Lipinski definition) is 0. The number of likely N-dealkylation sites (N-methyl/N-ethyl adjacent to an activating group) is 1. The van der Waals surface area contributed by atoms with E-state index in [9.17, 15) is 32.8 Å². The number of anilines is 3. The monoisotopic (exact) mass is 663 g/mol. The van der Waals surface area contributed by atoms with E-state index < -0.39 is 41.6 Å². The first-order chi connectivity index (χ1) is 22.3. The van der Waals surface area contributed by atoms with Gasteiger partial charge >= 0.3 is 6.18 Å². The Bertz CT molecular complexity index is 1860. The van der Waals surface area contributed by atoms with Gasteiger partial charge in [0.15, 0.2) is 0 Å². The SMILES string of the molecule is C=CC(=O)N1Cc2nc(CN3C[C@H]4CC(=O)N(c5cc(C(F)(F)F)cc(C)n5)[C@@H]4C(=O)N(C)c4cccc(Cl)c43)ccc2[C@H]1CC#N. The van der Waals surface area contributed by atoms with E-state index in [-0.39, 0.29) is 49.9 Å². The lowest BCUT2D eigenvalue weighted by atomic mass is 9.95. The number of nitriles is 1. The van der Waals surface area contributed by atoms with Gasteiger partial charge in [-0.1, -0.05) is 30.3 Å². The van der Waals surface area contributed by atoms with Gasteiger partial charge in [0, 0.05) is 31.6 Å². The van der Waals surface area contributed by atoms with Crippen molar-refractivity contribution < 1.29 is 27.6 Å². The van der Waals surface area contributed by atoms with E-state index >= 15 is 0 Å². The molecule has 10 nitrogen and oxygen atoms in total. The van der Waals surface area contributed by atoms with E-state index in [1.807, 2.05) is 11.0 Å². The minimum atomic E-state index is -4.67. The van der Waals surface area contributed by atoms with Gasteiger partial charge in [0.25, 0.3) is 0 Å². The Morgan fingerprint density at radius 3 is 2.66 bits per heavy atom. The molecule has 0 saturated carbocycles. The van der Waals surface area contributed by atoms with Gasteiger partial charge in [-0.15, -0.1) is 0 Å². The minimum Gasteiger partial charge on any atom is -0.362 e. The Hall–Kier alpha value is -4.96. The first kappa shape index (κ1) is 32.0. The summed E-state index contributed by atoms with van der Waals surface area (Å²) in [4.78, 5) is 55.2. The van der Waals surface area contributed by atoms with E-state index in [0.29, 0.717) is 27.8 Å². The standard InChI is InChI=1S/C33H29ClF3N7O3/c1-4-28(45)43-17-24-22(25(43)10-11-38)9-8-21(40-24)16-42-15-19-13-29(46)44(27-14-20(33(35,36)37)12-18(2)39-27)30(19)32(47)41(3)26-7-5-6-23(34)31(26)42/h4-9,12,14,19,25,30H,1,10,13,15-17H2,2-3H3/t19-,25-,30+/m1/s1. The van der Waals surface area contributed by atoms with Gasteiger partial charge in [0.2, 0.25) is 17.7 Å². The number of fused-ring (bicyclic) bond motifs is 3. The number of carbonyl (C=O) groups excluding carboxylic acids is 3. The summed E-state index contributed by atoms with van der Waals surface area (Å²) >= 11 is 6.76. The Balaban J connectivity index is 1.40. The van der Waals surface area contributed by atoms with Gasteiger partial charge in [-0.2, -0.15) is 18.4 Å². The number of amides is 3. The number of carbonyl (C=O) groups is 3. The van der Waals surface area contributed by atoms with Gasteiger partial charge in [0.1, 0.15) is 11.9 Å². The largest absolute Gasteiger partial charge is 0.416 e. The van der Waals surface area contributed by atoms with E-state index in [4.69, 9.17) is 16.6 Å². The van der Waals surface area contributed by atoms with Crippen LogP contribution < -0.4 is 14.7 Å². The molecule has 3 aliphatic rings. The molecule has 3 aromatic rings. The Morgan fingerprint density at radius 1 is 1.19 bits per heavy atom. The normalized spacial score (nSPS) is 20.7. The number of benzene rings is 1. The van der Waals surface area contributed by atoms with Crippen molar-refractivity contribution in [2.24, 2.45) is 5.92 Å². The first-order valence-electron chi connectivity index (χ1n) is 14.8. The molecule has 3 amide bonds. The second-order valence-electron chi connectivity index (χ2n) is 11.8. The smallest absolute Gasteiger partial charge is 0.362 e. The molecule has 1 aromatic carbocycles. The summed E-state index contributed by atoms with van der Waals surface area (Å²) in [6, 6.07) is 11.0. The van der Waals surface area contributed by atoms with Crippen molar-refractivity contribution in [1.29, 1.82) is 5.26 Å². The highest BCUT2D eigenvalue weighted by Crippen LogP contribution is 2.44. The van der Waals surface area contributed by atoms with Crippen LogP contribution in [-0.2, 0) is 33.6 Å². The molecule has 0 N–H and O–H groups in total. The molecule has 0 spiro atoms. The third-order valence-corrected chi connectivity index (χ3v) is 9.15. The molecule has 3 atom stereocenters. The Morgan fingerprint density at radius 2 is 1.96 bits per heavy atom. The average molecular weight is 664 g/mol. The number of para-hydroxylation sites is 1. The molecule has 3 aliphatic heterocycles. The highest BCUT2D eigenvalue weighted by Gasteiger charge is 2.49. The molecule has 1 fully saturated rings. The van der Waals surface area contributed by atoms with Crippen LogP contribution in [-0.4, -0.2) is 52.2 Å². The molecular formula is C33H29ClF3N7O3. The maximum Gasteiger partial charge on any atom is 0.416 e. The molecule has 0 aliphatic carbocycles. The van der Waals surface area contributed by atoms with Crippen molar-refractivity contribution in [2.45, 2.75) is 51.1 Å². The average Bonchev–Trinajstić information content (AvgIpc) is 3.54. The predicted molar refractivity (Wildman–Crippen MR) is 167 cm³/mol.